The Morgan fingerprint density at radius 3 is 2.30 bits per heavy atom. The van der Waals surface area contributed by atoms with Crippen LogP contribution >= 0.6 is 0 Å². The molecule has 0 bridgehead atoms. The molecule has 0 amide bonds. The van der Waals surface area contributed by atoms with Gasteiger partial charge in [-0.25, -0.2) is 0 Å². The zero-order chi connectivity index (χ0) is 7.82. The van der Waals surface area contributed by atoms with Gasteiger partial charge in [0.2, 0.25) is 0 Å². The summed E-state index contributed by atoms with van der Waals surface area (Å²) in [4.78, 5) is 5.33. The molecule has 0 aromatic heterocycles. The quantitative estimate of drug-likeness (QED) is 0.441. The SMILES string of the molecule is CCN(CC)OCCCN. The molecule has 10 heavy (non-hydrogen) atoms. The van der Waals surface area contributed by atoms with Gasteiger partial charge in [-0.2, -0.15) is 5.06 Å². The van der Waals surface area contributed by atoms with E-state index < -0.39 is 0 Å². The third-order valence-electron chi connectivity index (χ3n) is 1.33. The summed E-state index contributed by atoms with van der Waals surface area (Å²) in [6.07, 6.45) is 0.941. The molecule has 0 heterocycles. The molecule has 0 aromatic rings. The average Bonchev–Trinajstić information content (AvgIpc) is 1.99. The fourth-order valence-electron chi connectivity index (χ4n) is 0.683. The first-order chi connectivity index (χ1) is 4.85. The van der Waals surface area contributed by atoms with Gasteiger partial charge >= 0.3 is 0 Å². The van der Waals surface area contributed by atoms with Gasteiger partial charge in [-0.1, -0.05) is 13.8 Å². The molecule has 3 heteroatoms. The van der Waals surface area contributed by atoms with Crippen molar-refractivity contribution >= 4 is 0 Å². The van der Waals surface area contributed by atoms with E-state index in [2.05, 4.69) is 13.8 Å². The monoisotopic (exact) mass is 146 g/mol. The fraction of sp³-hybridized carbons (Fsp3) is 1.00. The van der Waals surface area contributed by atoms with Crippen LogP contribution in [0.4, 0.5) is 0 Å². The van der Waals surface area contributed by atoms with E-state index in [0.29, 0.717) is 6.54 Å². The minimum atomic E-state index is 0.710. The minimum Gasteiger partial charge on any atom is -0.330 e. The Labute approximate surface area is 63.1 Å². The minimum absolute atomic E-state index is 0.710. The predicted molar refractivity (Wildman–Crippen MR) is 42.5 cm³/mol. The molecule has 0 spiro atoms. The smallest absolute Gasteiger partial charge is 0.0697 e. The number of nitrogens with two attached hydrogens (primary N) is 1. The van der Waals surface area contributed by atoms with Crippen LogP contribution < -0.4 is 5.73 Å². The Hall–Kier alpha value is -0.120. The van der Waals surface area contributed by atoms with Gasteiger partial charge in [0.1, 0.15) is 0 Å². The van der Waals surface area contributed by atoms with Crippen LogP contribution in [0.25, 0.3) is 0 Å². The van der Waals surface area contributed by atoms with Gasteiger partial charge in [-0.3, -0.25) is 4.84 Å². The van der Waals surface area contributed by atoms with Crippen LogP contribution in [0.1, 0.15) is 20.3 Å². The van der Waals surface area contributed by atoms with Crippen molar-refractivity contribution in [2.45, 2.75) is 20.3 Å². The molecule has 3 nitrogen and oxygen atoms in total. The Morgan fingerprint density at radius 2 is 1.90 bits per heavy atom. The van der Waals surface area contributed by atoms with Crippen molar-refractivity contribution in [1.29, 1.82) is 0 Å². The molecule has 0 aromatic carbocycles. The summed E-state index contributed by atoms with van der Waals surface area (Å²) in [7, 11) is 0. The predicted octanol–water partition coefficient (Wildman–Crippen LogP) is 0.609. The summed E-state index contributed by atoms with van der Waals surface area (Å²) in [6.45, 7) is 7.50. The number of rotatable bonds is 6. The highest BCUT2D eigenvalue weighted by Crippen LogP contribution is 1.89. The molecule has 0 unspecified atom stereocenters. The average molecular weight is 146 g/mol. The van der Waals surface area contributed by atoms with Crippen molar-refractivity contribution in [3.8, 4) is 0 Å². The van der Waals surface area contributed by atoms with Gasteiger partial charge in [-0.05, 0) is 13.0 Å². The number of hydroxylamine groups is 2. The second kappa shape index (κ2) is 6.99. The molecule has 0 fully saturated rings. The summed E-state index contributed by atoms with van der Waals surface area (Å²) >= 11 is 0. The van der Waals surface area contributed by atoms with Crippen molar-refractivity contribution in [2.24, 2.45) is 5.73 Å². The molecule has 0 aliphatic rings. The van der Waals surface area contributed by atoms with E-state index in [4.69, 9.17) is 10.6 Å². The third-order valence-corrected chi connectivity index (χ3v) is 1.33. The van der Waals surface area contributed by atoms with Crippen molar-refractivity contribution < 1.29 is 4.84 Å². The van der Waals surface area contributed by atoms with Crippen LogP contribution in [-0.4, -0.2) is 31.3 Å². The second-order valence-electron chi connectivity index (χ2n) is 2.09. The standard InChI is InChI=1S/C7H18N2O/c1-3-9(4-2)10-7-5-6-8/h3-8H2,1-2H3. The Balaban J connectivity index is 3.09. The maximum Gasteiger partial charge on any atom is 0.0697 e. The second-order valence-corrected chi connectivity index (χ2v) is 2.09. The molecule has 0 aliphatic heterocycles. The lowest BCUT2D eigenvalue weighted by Gasteiger charge is -2.16. The first kappa shape index (κ1) is 9.88. The van der Waals surface area contributed by atoms with Crippen molar-refractivity contribution in [3.63, 3.8) is 0 Å². The molecule has 0 saturated heterocycles. The van der Waals surface area contributed by atoms with Gasteiger partial charge in [0, 0.05) is 13.1 Å². The van der Waals surface area contributed by atoms with E-state index in [0.717, 1.165) is 26.1 Å². The normalized spacial score (nSPS) is 10.8. The van der Waals surface area contributed by atoms with Crippen molar-refractivity contribution in [3.05, 3.63) is 0 Å². The lowest BCUT2D eigenvalue weighted by Crippen LogP contribution is -2.24. The summed E-state index contributed by atoms with van der Waals surface area (Å²) in [6, 6.07) is 0. The summed E-state index contributed by atoms with van der Waals surface area (Å²) in [5.41, 5.74) is 5.30. The zero-order valence-electron chi connectivity index (χ0n) is 6.97. The Bertz CT molecular complexity index is 64.6. The highest BCUT2D eigenvalue weighted by atomic mass is 16.7. The van der Waals surface area contributed by atoms with Crippen LogP contribution in [0.3, 0.4) is 0 Å². The van der Waals surface area contributed by atoms with E-state index >= 15 is 0 Å². The maximum absolute atomic E-state index is 5.33. The number of hydrogen-bond donors (Lipinski definition) is 1. The summed E-state index contributed by atoms with van der Waals surface area (Å²) < 4.78 is 0. The van der Waals surface area contributed by atoms with E-state index in [1.807, 2.05) is 5.06 Å². The van der Waals surface area contributed by atoms with Crippen LogP contribution in [0.15, 0.2) is 0 Å². The molecule has 0 saturated carbocycles. The lowest BCUT2D eigenvalue weighted by atomic mass is 10.5. The zero-order valence-corrected chi connectivity index (χ0v) is 6.97. The molecule has 0 atom stereocenters. The van der Waals surface area contributed by atoms with E-state index in [-0.39, 0.29) is 0 Å². The topological polar surface area (TPSA) is 38.5 Å². The molecule has 0 rings (SSSR count). The number of hydrogen-bond acceptors (Lipinski definition) is 3. The summed E-state index contributed by atoms with van der Waals surface area (Å²) in [5.74, 6) is 0. The van der Waals surface area contributed by atoms with Crippen molar-refractivity contribution in [2.75, 3.05) is 26.2 Å². The molecule has 2 N–H and O–H groups in total. The Kier molecular flexibility index (Phi) is 6.91. The largest absolute Gasteiger partial charge is 0.330 e. The molecular formula is C7H18N2O. The first-order valence-corrected chi connectivity index (χ1v) is 3.93. The highest BCUT2D eigenvalue weighted by Gasteiger charge is 1.96. The van der Waals surface area contributed by atoms with Crippen molar-refractivity contribution in [1.82, 2.24) is 5.06 Å². The Morgan fingerprint density at radius 1 is 1.30 bits per heavy atom. The molecule has 0 aliphatic carbocycles. The molecule has 0 radical (unpaired) electrons. The third kappa shape index (κ3) is 4.73. The number of nitrogens with zero attached hydrogens (tertiary/aromatic N) is 1. The van der Waals surface area contributed by atoms with Gasteiger partial charge in [0.15, 0.2) is 0 Å². The molecule has 62 valence electrons. The summed E-state index contributed by atoms with van der Waals surface area (Å²) in [5, 5.41) is 1.93. The highest BCUT2D eigenvalue weighted by molar-refractivity contribution is 4.37. The van der Waals surface area contributed by atoms with E-state index in [9.17, 15) is 0 Å². The van der Waals surface area contributed by atoms with Crippen LogP contribution in [0.2, 0.25) is 0 Å². The molecular weight excluding hydrogens is 128 g/mol. The van der Waals surface area contributed by atoms with Gasteiger partial charge in [-0.15, -0.1) is 0 Å². The van der Waals surface area contributed by atoms with Crippen LogP contribution in [-0.2, 0) is 4.84 Å². The fourth-order valence-corrected chi connectivity index (χ4v) is 0.683. The van der Waals surface area contributed by atoms with Crippen LogP contribution in [0, 0.1) is 0 Å². The van der Waals surface area contributed by atoms with Gasteiger partial charge < -0.3 is 5.73 Å². The first-order valence-electron chi connectivity index (χ1n) is 3.93. The van der Waals surface area contributed by atoms with Crippen LogP contribution in [0.5, 0.6) is 0 Å². The van der Waals surface area contributed by atoms with E-state index in [1.54, 1.807) is 0 Å². The lowest BCUT2D eigenvalue weighted by molar-refractivity contribution is -0.152. The maximum atomic E-state index is 5.33. The van der Waals surface area contributed by atoms with Gasteiger partial charge in [0.05, 0.1) is 6.61 Å². The van der Waals surface area contributed by atoms with Gasteiger partial charge in [0.25, 0.3) is 0 Å². The van der Waals surface area contributed by atoms with E-state index in [1.165, 1.54) is 0 Å².